The zero-order valence-electron chi connectivity index (χ0n) is 13.4. The van der Waals surface area contributed by atoms with Gasteiger partial charge in [0.25, 0.3) is 0 Å². The molecule has 0 bridgehead atoms. The third-order valence-corrected chi connectivity index (χ3v) is 4.00. The Morgan fingerprint density at radius 2 is 1.68 bits per heavy atom. The molecule has 0 aliphatic carbocycles. The summed E-state index contributed by atoms with van der Waals surface area (Å²) in [6.07, 6.45) is 0. The number of aromatic hydroxyl groups is 1. The smallest absolute Gasteiger partial charge is 0.339 e. The second kappa shape index (κ2) is 5.84. The van der Waals surface area contributed by atoms with Crippen molar-refractivity contribution in [3.05, 3.63) is 64.7 Å². The number of rotatable bonds is 3. The third-order valence-electron chi connectivity index (χ3n) is 4.00. The Morgan fingerprint density at radius 1 is 1.05 bits per heavy atom. The van der Waals surface area contributed by atoms with Crippen LogP contribution in [0.2, 0.25) is 0 Å². The molecule has 0 saturated heterocycles. The van der Waals surface area contributed by atoms with Gasteiger partial charge in [-0.25, -0.2) is 4.79 Å². The monoisotopic (exact) mass is 298 g/mol. The Bertz CT molecular complexity index is 696. The largest absolute Gasteiger partial charge is 0.507 e. The van der Waals surface area contributed by atoms with Gasteiger partial charge in [-0.3, -0.25) is 0 Å². The highest BCUT2D eigenvalue weighted by Gasteiger charge is 2.18. The molecule has 0 fully saturated rings. The quantitative estimate of drug-likeness (QED) is 0.874. The SMILES string of the molecule is CC(c1cccc(C(C)(C)C)c1)c1ccc(O)c(C(=O)O)c1. The van der Waals surface area contributed by atoms with E-state index in [9.17, 15) is 9.90 Å². The predicted molar refractivity (Wildman–Crippen MR) is 87.7 cm³/mol. The highest BCUT2D eigenvalue weighted by molar-refractivity contribution is 5.91. The van der Waals surface area contributed by atoms with Crippen molar-refractivity contribution in [2.24, 2.45) is 0 Å². The third kappa shape index (κ3) is 3.30. The van der Waals surface area contributed by atoms with Crippen LogP contribution in [0, 0.1) is 0 Å². The summed E-state index contributed by atoms with van der Waals surface area (Å²) in [6, 6.07) is 13.1. The van der Waals surface area contributed by atoms with Crippen molar-refractivity contribution in [1.82, 2.24) is 0 Å². The molecule has 1 unspecified atom stereocenters. The molecule has 0 aliphatic rings. The maximum absolute atomic E-state index is 11.2. The molecule has 0 amide bonds. The predicted octanol–water partition coefficient (Wildman–Crippen LogP) is 4.54. The molecule has 0 aromatic heterocycles. The molecule has 0 radical (unpaired) electrons. The van der Waals surface area contributed by atoms with Crippen LogP contribution in [0.4, 0.5) is 0 Å². The zero-order chi connectivity index (χ0) is 16.5. The molecule has 3 heteroatoms. The summed E-state index contributed by atoms with van der Waals surface area (Å²) in [4.78, 5) is 11.2. The number of aromatic carboxylic acids is 1. The van der Waals surface area contributed by atoms with Gasteiger partial charge in [0.1, 0.15) is 11.3 Å². The number of benzene rings is 2. The van der Waals surface area contributed by atoms with E-state index >= 15 is 0 Å². The van der Waals surface area contributed by atoms with Gasteiger partial charge in [-0.15, -0.1) is 0 Å². The minimum atomic E-state index is -1.12. The molecule has 2 rings (SSSR count). The summed E-state index contributed by atoms with van der Waals surface area (Å²) in [7, 11) is 0. The lowest BCUT2D eigenvalue weighted by atomic mass is 9.83. The fraction of sp³-hybridized carbons (Fsp3) is 0.316. The normalized spacial score (nSPS) is 12.9. The maximum Gasteiger partial charge on any atom is 0.339 e. The van der Waals surface area contributed by atoms with E-state index in [1.165, 1.54) is 11.6 Å². The molecule has 0 heterocycles. The van der Waals surface area contributed by atoms with Gasteiger partial charge in [0, 0.05) is 5.92 Å². The van der Waals surface area contributed by atoms with Gasteiger partial charge < -0.3 is 10.2 Å². The Kier molecular flexibility index (Phi) is 4.27. The van der Waals surface area contributed by atoms with Crippen LogP contribution in [0.1, 0.15) is 60.7 Å². The van der Waals surface area contributed by atoms with Crippen molar-refractivity contribution >= 4 is 5.97 Å². The Hall–Kier alpha value is -2.29. The van der Waals surface area contributed by atoms with E-state index < -0.39 is 5.97 Å². The average molecular weight is 298 g/mol. The first-order valence-electron chi connectivity index (χ1n) is 7.37. The zero-order valence-corrected chi connectivity index (χ0v) is 13.4. The second-order valence-electron chi connectivity index (χ2n) is 6.68. The minimum absolute atomic E-state index is 0.0565. The molecule has 116 valence electrons. The Balaban J connectivity index is 2.42. The fourth-order valence-corrected chi connectivity index (χ4v) is 2.46. The van der Waals surface area contributed by atoms with Crippen LogP contribution in [-0.4, -0.2) is 16.2 Å². The highest BCUT2D eigenvalue weighted by Crippen LogP contribution is 2.31. The van der Waals surface area contributed by atoms with E-state index in [2.05, 4.69) is 32.9 Å². The van der Waals surface area contributed by atoms with E-state index in [1.54, 1.807) is 12.1 Å². The molecular weight excluding hydrogens is 276 g/mol. The molecular formula is C19H22O3. The summed E-state index contributed by atoms with van der Waals surface area (Å²) in [5, 5.41) is 18.8. The van der Waals surface area contributed by atoms with Crippen molar-refractivity contribution in [1.29, 1.82) is 0 Å². The second-order valence-corrected chi connectivity index (χ2v) is 6.68. The van der Waals surface area contributed by atoms with Crippen molar-refractivity contribution in [3.63, 3.8) is 0 Å². The topological polar surface area (TPSA) is 57.5 Å². The first-order chi connectivity index (χ1) is 10.2. The van der Waals surface area contributed by atoms with Crippen LogP contribution in [0.3, 0.4) is 0 Å². The molecule has 3 nitrogen and oxygen atoms in total. The Morgan fingerprint density at radius 3 is 2.27 bits per heavy atom. The number of phenols is 1. The molecule has 0 aliphatic heterocycles. The van der Waals surface area contributed by atoms with Gasteiger partial charge in [0.15, 0.2) is 0 Å². The van der Waals surface area contributed by atoms with Crippen LogP contribution in [0.25, 0.3) is 0 Å². The van der Waals surface area contributed by atoms with Crippen LogP contribution >= 0.6 is 0 Å². The fourth-order valence-electron chi connectivity index (χ4n) is 2.46. The average Bonchev–Trinajstić information content (AvgIpc) is 2.46. The summed E-state index contributed by atoms with van der Waals surface area (Å²) >= 11 is 0. The molecule has 22 heavy (non-hydrogen) atoms. The van der Waals surface area contributed by atoms with Crippen molar-refractivity contribution in [2.75, 3.05) is 0 Å². The standard InChI is InChI=1S/C19H22O3/c1-12(13-6-5-7-15(10-13)19(2,3)4)14-8-9-17(20)16(11-14)18(21)22/h5-12,20H,1-4H3,(H,21,22). The van der Waals surface area contributed by atoms with Gasteiger partial charge in [-0.05, 0) is 34.2 Å². The van der Waals surface area contributed by atoms with E-state index in [0.717, 1.165) is 11.1 Å². The van der Waals surface area contributed by atoms with E-state index in [-0.39, 0.29) is 22.6 Å². The number of hydrogen-bond donors (Lipinski definition) is 2. The minimum Gasteiger partial charge on any atom is -0.507 e. The molecule has 2 aromatic rings. The highest BCUT2D eigenvalue weighted by atomic mass is 16.4. The van der Waals surface area contributed by atoms with Crippen molar-refractivity contribution in [2.45, 2.75) is 39.0 Å². The lowest BCUT2D eigenvalue weighted by Gasteiger charge is -2.22. The van der Waals surface area contributed by atoms with Crippen molar-refractivity contribution < 1.29 is 15.0 Å². The van der Waals surface area contributed by atoms with Crippen LogP contribution < -0.4 is 0 Å². The van der Waals surface area contributed by atoms with Gasteiger partial charge >= 0.3 is 5.97 Å². The van der Waals surface area contributed by atoms with E-state index in [0.29, 0.717) is 0 Å². The van der Waals surface area contributed by atoms with Gasteiger partial charge in [0.2, 0.25) is 0 Å². The van der Waals surface area contributed by atoms with E-state index in [4.69, 9.17) is 5.11 Å². The number of hydrogen-bond acceptors (Lipinski definition) is 2. The molecule has 0 spiro atoms. The molecule has 2 N–H and O–H groups in total. The maximum atomic E-state index is 11.2. The van der Waals surface area contributed by atoms with Crippen LogP contribution in [0.15, 0.2) is 42.5 Å². The van der Waals surface area contributed by atoms with Crippen LogP contribution in [0.5, 0.6) is 5.75 Å². The van der Waals surface area contributed by atoms with Gasteiger partial charge in [0.05, 0.1) is 0 Å². The summed E-state index contributed by atoms with van der Waals surface area (Å²) < 4.78 is 0. The van der Waals surface area contributed by atoms with Gasteiger partial charge in [-0.1, -0.05) is 58.0 Å². The van der Waals surface area contributed by atoms with E-state index in [1.807, 2.05) is 19.1 Å². The number of carboxylic acids is 1. The summed E-state index contributed by atoms with van der Waals surface area (Å²) in [5.74, 6) is -1.26. The summed E-state index contributed by atoms with van der Waals surface area (Å²) in [6.45, 7) is 8.54. The van der Waals surface area contributed by atoms with Crippen LogP contribution in [-0.2, 0) is 5.41 Å². The number of carbonyl (C=O) groups is 1. The first kappa shape index (κ1) is 16.1. The molecule has 2 aromatic carbocycles. The lowest BCUT2D eigenvalue weighted by molar-refractivity contribution is 0.0693. The van der Waals surface area contributed by atoms with Gasteiger partial charge in [-0.2, -0.15) is 0 Å². The lowest BCUT2D eigenvalue weighted by Crippen LogP contribution is -2.11. The summed E-state index contributed by atoms with van der Waals surface area (Å²) in [5.41, 5.74) is 3.26. The number of carboxylic acid groups (broad SMARTS) is 1. The molecule has 1 atom stereocenters. The first-order valence-corrected chi connectivity index (χ1v) is 7.37. The molecule has 0 saturated carbocycles. The Labute approximate surface area is 131 Å². The van der Waals surface area contributed by atoms with Crippen molar-refractivity contribution in [3.8, 4) is 5.75 Å².